The highest BCUT2D eigenvalue weighted by Gasteiger charge is 2.20. The standard InChI is InChI=1S/C19H23N5O/c1-13-11-14(2)24(22-13)16(4)19(25)21-15(3)17-7-5-8-18(12-17)23-10-6-9-20-23/h5-12,15-16H,1-4H3,(H,21,25)/t15-,16+/m0/s1. The van der Waals surface area contributed by atoms with Crippen LogP contribution in [0.4, 0.5) is 0 Å². The molecule has 3 rings (SSSR count). The highest BCUT2D eigenvalue weighted by atomic mass is 16.2. The van der Waals surface area contributed by atoms with Gasteiger partial charge in [-0.1, -0.05) is 12.1 Å². The van der Waals surface area contributed by atoms with Crippen LogP contribution in [0.1, 0.15) is 42.9 Å². The Morgan fingerprint density at radius 2 is 1.96 bits per heavy atom. The lowest BCUT2D eigenvalue weighted by atomic mass is 10.1. The van der Waals surface area contributed by atoms with Crippen molar-refractivity contribution >= 4 is 5.91 Å². The SMILES string of the molecule is Cc1cc(C)n([C@H](C)C(=O)N[C@@H](C)c2cccc(-n3cccn3)c2)n1. The Hall–Kier alpha value is -2.89. The van der Waals surface area contributed by atoms with Crippen molar-refractivity contribution in [2.24, 2.45) is 0 Å². The highest BCUT2D eigenvalue weighted by Crippen LogP contribution is 2.18. The van der Waals surface area contributed by atoms with Crippen LogP contribution in [-0.4, -0.2) is 25.5 Å². The summed E-state index contributed by atoms with van der Waals surface area (Å²) in [6.45, 7) is 7.73. The number of aromatic nitrogens is 4. The third-order valence-corrected chi connectivity index (χ3v) is 4.29. The van der Waals surface area contributed by atoms with E-state index in [2.05, 4.69) is 15.5 Å². The van der Waals surface area contributed by atoms with Gasteiger partial charge in [-0.15, -0.1) is 0 Å². The summed E-state index contributed by atoms with van der Waals surface area (Å²) >= 11 is 0. The zero-order chi connectivity index (χ0) is 18.0. The number of nitrogens with zero attached hydrogens (tertiary/aromatic N) is 4. The van der Waals surface area contributed by atoms with Crippen molar-refractivity contribution in [3.05, 3.63) is 65.7 Å². The van der Waals surface area contributed by atoms with Gasteiger partial charge in [-0.05, 0) is 57.5 Å². The smallest absolute Gasteiger partial charge is 0.245 e. The van der Waals surface area contributed by atoms with E-state index in [0.717, 1.165) is 22.6 Å². The van der Waals surface area contributed by atoms with Crippen LogP contribution in [-0.2, 0) is 4.79 Å². The molecule has 2 aromatic heterocycles. The van der Waals surface area contributed by atoms with Crippen LogP contribution in [0, 0.1) is 13.8 Å². The molecule has 0 saturated heterocycles. The maximum Gasteiger partial charge on any atom is 0.245 e. The maximum atomic E-state index is 12.6. The Morgan fingerprint density at radius 1 is 1.16 bits per heavy atom. The number of carbonyl (C=O) groups is 1. The quantitative estimate of drug-likeness (QED) is 0.778. The van der Waals surface area contributed by atoms with E-state index >= 15 is 0 Å². The van der Waals surface area contributed by atoms with Crippen molar-refractivity contribution < 1.29 is 4.79 Å². The summed E-state index contributed by atoms with van der Waals surface area (Å²) in [6.07, 6.45) is 3.64. The Kier molecular flexibility index (Phi) is 4.70. The first kappa shape index (κ1) is 17.0. The average Bonchev–Trinajstić information content (AvgIpc) is 3.24. The van der Waals surface area contributed by atoms with Gasteiger partial charge >= 0.3 is 0 Å². The first-order chi connectivity index (χ1) is 12.0. The number of hydrogen-bond donors (Lipinski definition) is 1. The van der Waals surface area contributed by atoms with Gasteiger partial charge in [-0.3, -0.25) is 9.48 Å². The Morgan fingerprint density at radius 3 is 2.60 bits per heavy atom. The molecule has 1 aromatic carbocycles. The van der Waals surface area contributed by atoms with Gasteiger partial charge < -0.3 is 5.32 Å². The molecule has 6 heteroatoms. The largest absolute Gasteiger partial charge is 0.348 e. The molecule has 0 saturated carbocycles. The summed E-state index contributed by atoms with van der Waals surface area (Å²) in [4.78, 5) is 12.6. The first-order valence-corrected chi connectivity index (χ1v) is 8.39. The van der Waals surface area contributed by atoms with E-state index in [1.165, 1.54) is 0 Å². The van der Waals surface area contributed by atoms with Gasteiger partial charge in [0, 0.05) is 18.1 Å². The van der Waals surface area contributed by atoms with Crippen LogP contribution < -0.4 is 5.32 Å². The number of aryl methyl sites for hydroxylation is 2. The van der Waals surface area contributed by atoms with Gasteiger partial charge in [0.05, 0.1) is 17.4 Å². The molecule has 3 aromatic rings. The average molecular weight is 337 g/mol. The predicted molar refractivity (Wildman–Crippen MR) is 96.5 cm³/mol. The summed E-state index contributed by atoms with van der Waals surface area (Å²) in [5.74, 6) is -0.0526. The number of amides is 1. The minimum atomic E-state index is -0.356. The summed E-state index contributed by atoms with van der Waals surface area (Å²) in [7, 11) is 0. The molecule has 0 unspecified atom stereocenters. The second-order valence-electron chi connectivity index (χ2n) is 6.32. The Bertz CT molecular complexity index is 866. The molecule has 1 amide bonds. The van der Waals surface area contributed by atoms with Crippen LogP contribution in [0.2, 0.25) is 0 Å². The molecule has 0 radical (unpaired) electrons. The van der Waals surface area contributed by atoms with Gasteiger partial charge in [0.2, 0.25) is 5.91 Å². The van der Waals surface area contributed by atoms with Crippen molar-refractivity contribution in [1.29, 1.82) is 0 Å². The predicted octanol–water partition coefficient (Wildman–Crippen LogP) is 3.12. The van der Waals surface area contributed by atoms with Gasteiger partial charge in [0.1, 0.15) is 6.04 Å². The zero-order valence-corrected chi connectivity index (χ0v) is 15.0. The summed E-state index contributed by atoms with van der Waals surface area (Å²) in [5.41, 5.74) is 3.89. The van der Waals surface area contributed by atoms with Crippen LogP contribution in [0.25, 0.3) is 5.69 Å². The first-order valence-electron chi connectivity index (χ1n) is 8.39. The molecule has 0 bridgehead atoms. The molecule has 130 valence electrons. The minimum absolute atomic E-state index is 0.0526. The fourth-order valence-electron chi connectivity index (χ4n) is 2.92. The molecule has 0 aliphatic heterocycles. The molecule has 1 N–H and O–H groups in total. The van der Waals surface area contributed by atoms with Crippen molar-refractivity contribution in [3.63, 3.8) is 0 Å². The van der Waals surface area contributed by atoms with E-state index in [4.69, 9.17) is 0 Å². The van der Waals surface area contributed by atoms with Gasteiger partial charge in [0.25, 0.3) is 0 Å². The Balaban J connectivity index is 1.73. The normalized spacial score (nSPS) is 13.4. The van der Waals surface area contributed by atoms with Crippen LogP contribution in [0.3, 0.4) is 0 Å². The van der Waals surface area contributed by atoms with Crippen molar-refractivity contribution in [3.8, 4) is 5.69 Å². The maximum absolute atomic E-state index is 12.6. The third kappa shape index (κ3) is 3.63. The van der Waals surface area contributed by atoms with E-state index in [9.17, 15) is 4.79 Å². The lowest BCUT2D eigenvalue weighted by Crippen LogP contribution is -2.33. The molecular formula is C19H23N5O. The van der Waals surface area contributed by atoms with E-state index < -0.39 is 0 Å². The lowest BCUT2D eigenvalue weighted by Gasteiger charge is -2.19. The fraction of sp³-hybridized carbons (Fsp3) is 0.316. The van der Waals surface area contributed by atoms with Crippen molar-refractivity contribution in [1.82, 2.24) is 24.9 Å². The minimum Gasteiger partial charge on any atom is -0.348 e. The zero-order valence-electron chi connectivity index (χ0n) is 15.0. The van der Waals surface area contributed by atoms with Crippen LogP contribution in [0.15, 0.2) is 48.8 Å². The second kappa shape index (κ2) is 6.93. The number of rotatable bonds is 5. The summed E-state index contributed by atoms with van der Waals surface area (Å²) in [6, 6.07) is 11.4. The molecule has 0 aliphatic carbocycles. The van der Waals surface area contributed by atoms with E-state index in [0.29, 0.717) is 0 Å². The van der Waals surface area contributed by atoms with Gasteiger partial charge in [-0.25, -0.2) is 4.68 Å². The van der Waals surface area contributed by atoms with Crippen LogP contribution in [0.5, 0.6) is 0 Å². The monoisotopic (exact) mass is 337 g/mol. The second-order valence-corrected chi connectivity index (χ2v) is 6.32. The van der Waals surface area contributed by atoms with Crippen molar-refractivity contribution in [2.75, 3.05) is 0 Å². The molecule has 6 nitrogen and oxygen atoms in total. The molecule has 0 aliphatic rings. The molecule has 2 heterocycles. The van der Waals surface area contributed by atoms with E-state index in [-0.39, 0.29) is 18.0 Å². The number of benzene rings is 1. The summed E-state index contributed by atoms with van der Waals surface area (Å²) < 4.78 is 3.56. The lowest BCUT2D eigenvalue weighted by molar-refractivity contribution is -0.124. The van der Waals surface area contributed by atoms with E-state index in [1.54, 1.807) is 15.6 Å². The van der Waals surface area contributed by atoms with Gasteiger partial charge in [0.15, 0.2) is 0 Å². The summed E-state index contributed by atoms with van der Waals surface area (Å²) in [5, 5.41) is 11.7. The van der Waals surface area contributed by atoms with Crippen molar-refractivity contribution in [2.45, 2.75) is 39.8 Å². The molecular weight excluding hydrogens is 314 g/mol. The molecule has 0 spiro atoms. The fourth-order valence-corrected chi connectivity index (χ4v) is 2.92. The molecule has 0 fully saturated rings. The molecule has 25 heavy (non-hydrogen) atoms. The number of carbonyl (C=O) groups excluding carboxylic acids is 1. The third-order valence-electron chi connectivity index (χ3n) is 4.29. The topological polar surface area (TPSA) is 64.7 Å². The van der Waals surface area contributed by atoms with Crippen LogP contribution >= 0.6 is 0 Å². The molecule has 2 atom stereocenters. The van der Waals surface area contributed by atoms with Gasteiger partial charge in [-0.2, -0.15) is 10.2 Å². The number of hydrogen-bond acceptors (Lipinski definition) is 3. The highest BCUT2D eigenvalue weighted by molar-refractivity contribution is 5.80. The number of nitrogens with one attached hydrogen (secondary N) is 1. The Labute approximate surface area is 147 Å². The van der Waals surface area contributed by atoms with E-state index in [1.807, 2.05) is 70.3 Å².